The summed E-state index contributed by atoms with van der Waals surface area (Å²) in [5, 5.41) is 0.543. The second-order valence-electron chi connectivity index (χ2n) is 4.33. The van der Waals surface area contributed by atoms with Crippen LogP contribution >= 0.6 is 23.2 Å². The smallest absolute Gasteiger partial charge is 0.321 e. The highest BCUT2D eigenvalue weighted by Crippen LogP contribution is 2.53. The molecule has 1 aromatic rings. The molecule has 0 aromatic heterocycles. The van der Waals surface area contributed by atoms with Gasteiger partial charge in [-0.2, -0.15) is 39.5 Å². The molecule has 1 rings (SSSR count). The second kappa shape index (κ2) is 6.17. The van der Waals surface area contributed by atoms with Gasteiger partial charge in [0, 0.05) is 15.7 Å². The highest BCUT2D eigenvalue weighted by atomic mass is 35.5. The fourth-order valence-electron chi connectivity index (χ4n) is 1.35. The number of hydrogen-bond acceptors (Lipinski definition) is 1. The molecule has 2 nitrogen and oxygen atoms in total. The molecule has 136 valence electrons. The average Bonchev–Trinajstić information content (AvgIpc) is 2.35. The average molecular weight is 408 g/mol. The zero-order valence-corrected chi connectivity index (χ0v) is 12.3. The minimum absolute atomic E-state index is 0.256. The van der Waals surface area contributed by atoms with E-state index in [2.05, 4.69) is 0 Å². The van der Waals surface area contributed by atoms with Gasteiger partial charge in [0.05, 0.1) is 0 Å². The number of benzene rings is 1. The Morgan fingerprint density at radius 2 is 1.21 bits per heavy atom. The molecule has 1 aromatic carbocycles. The number of anilines is 1. The minimum atomic E-state index is -7.16. The Bertz CT molecular complexity index is 625. The fraction of sp³-hybridized carbons (Fsp3) is 0.364. The third kappa shape index (κ3) is 3.51. The Labute approximate surface area is 137 Å². The molecule has 1 amide bonds. The topological polar surface area (TPSA) is 29.1 Å². The molecule has 0 heterocycles. The Hall–Kier alpha value is -1.36. The van der Waals surface area contributed by atoms with Crippen LogP contribution in [0.3, 0.4) is 0 Å². The number of alkyl halides is 9. The highest BCUT2D eigenvalue weighted by Gasteiger charge is 2.83. The molecule has 0 spiro atoms. The van der Waals surface area contributed by atoms with Crippen molar-refractivity contribution in [3.05, 3.63) is 28.2 Å². The van der Waals surface area contributed by atoms with Gasteiger partial charge >= 0.3 is 29.9 Å². The van der Waals surface area contributed by atoms with Gasteiger partial charge in [0.15, 0.2) is 0 Å². The van der Waals surface area contributed by atoms with E-state index in [0.717, 1.165) is 23.5 Å². The lowest BCUT2D eigenvalue weighted by atomic mass is 10.0. The van der Waals surface area contributed by atoms with E-state index in [-0.39, 0.29) is 10.0 Å². The summed E-state index contributed by atoms with van der Waals surface area (Å²) < 4.78 is 114. The number of amides is 1. The Morgan fingerprint density at radius 3 is 1.58 bits per heavy atom. The standard InChI is InChI=1S/C11H4Cl2F9NO/c12-4-1-5(13)3-6(2-4)23-7(24)8(14,15)9(16,17)10(18,19)11(20,21)22/h1-3H,(H,23,24). The molecule has 1 N–H and O–H groups in total. The molecule has 0 radical (unpaired) electrons. The maximum atomic E-state index is 13.3. The van der Waals surface area contributed by atoms with Crippen molar-refractivity contribution in [1.82, 2.24) is 0 Å². The van der Waals surface area contributed by atoms with Crippen molar-refractivity contribution in [3.8, 4) is 0 Å². The SMILES string of the molecule is O=C(Nc1cc(Cl)cc(Cl)c1)C(F)(F)C(F)(F)C(F)(F)C(F)(F)F. The van der Waals surface area contributed by atoms with E-state index in [9.17, 15) is 44.3 Å². The Morgan fingerprint density at radius 1 is 0.792 bits per heavy atom. The van der Waals surface area contributed by atoms with Crippen molar-refractivity contribution in [2.75, 3.05) is 5.32 Å². The van der Waals surface area contributed by atoms with Crippen molar-refractivity contribution in [3.63, 3.8) is 0 Å². The van der Waals surface area contributed by atoms with Gasteiger partial charge in [-0.15, -0.1) is 0 Å². The zero-order chi connectivity index (χ0) is 19.1. The van der Waals surface area contributed by atoms with Gasteiger partial charge in [0.1, 0.15) is 0 Å². The Kier molecular flexibility index (Phi) is 5.32. The quantitative estimate of drug-likeness (QED) is 0.665. The molecule has 13 heteroatoms. The van der Waals surface area contributed by atoms with Gasteiger partial charge in [-0.3, -0.25) is 4.79 Å². The molecule has 0 saturated heterocycles. The maximum Gasteiger partial charge on any atom is 0.460 e. The van der Waals surface area contributed by atoms with E-state index < -0.39 is 35.5 Å². The summed E-state index contributed by atoms with van der Waals surface area (Å²) in [6, 6.07) is 2.49. The highest BCUT2D eigenvalue weighted by molar-refractivity contribution is 6.35. The number of halogens is 11. The maximum absolute atomic E-state index is 13.3. The van der Waals surface area contributed by atoms with Gasteiger partial charge < -0.3 is 5.32 Å². The van der Waals surface area contributed by atoms with Gasteiger partial charge in [-0.25, -0.2) is 0 Å². The van der Waals surface area contributed by atoms with Crippen LogP contribution in [-0.2, 0) is 4.79 Å². The predicted octanol–water partition coefficient (Wildman–Crippen LogP) is 5.40. The lowest BCUT2D eigenvalue weighted by Gasteiger charge is -2.32. The van der Waals surface area contributed by atoms with Crippen molar-refractivity contribution in [1.29, 1.82) is 0 Å². The minimum Gasteiger partial charge on any atom is -0.321 e. The lowest BCUT2D eigenvalue weighted by Crippen LogP contribution is -2.64. The molecule has 0 aliphatic heterocycles. The summed E-state index contributed by atoms with van der Waals surface area (Å²) in [5.41, 5.74) is -0.719. The van der Waals surface area contributed by atoms with Crippen molar-refractivity contribution >= 4 is 34.8 Å². The van der Waals surface area contributed by atoms with E-state index in [1.165, 1.54) is 0 Å². The first-order valence-electron chi connectivity index (χ1n) is 5.51. The Balaban J connectivity index is 3.20. The molecule has 24 heavy (non-hydrogen) atoms. The third-order valence-corrected chi connectivity index (χ3v) is 2.99. The van der Waals surface area contributed by atoms with Crippen LogP contribution in [0.15, 0.2) is 18.2 Å². The van der Waals surface area contributed by atoms with Crippen LogP contribution < -0.4 is 5.32 Å². The first kappa shape index (κ1) is 20.7. The summed E-state index contributed by atoms with van der Waals surface area (Å²) in [5.74, 6) is -23.7. The van der Waals surface area contributed by atoms with E-state index in [0.29, 0.717) is 0 Å². The summed E-state index contributed by atoms with van der Waals surface area (Å²) in [4.78, 5) is 11.1. The monoisotopic (exact) mass is 407 g/mol. The van der Waals surface area contributed by atoms with Crippen LogP contribution in [0.2, 0.25) is 10.0 Å². The fourth-order valence-corrected chi connectivity index (χ4v) is 1.88. The van der Waals surface area contributed by atoms with Crippen LogP contribution in [0.1, 0.15) is 0 Å². The summed E-state index contributed by atoms with van der Waals surface area (Å²) in [6.45, 7) is 0. The molecular formula is C11H4Cl2F9NO. The van der Waals surface area contributed by atoms with Crippen LogP contribution in [0.5, 0.6) is 0 Å². The van der Waals surface area contributed by atoms with Gasteiger partial charge in [-0.05, 0) is 18.2 Å². The molecule has 0 unspecified atom stereocenters. The van der Waals surface area contributed by atoms with E-state index >= 15 is 0 Å². The normalized spacial score (nSPS) is 13.8. The molecule has 0 fully saturated rings. The summed E-state index contributed by atoms with van der Waals surface area (Å²) >= 11 is 10.9. The number of rotatable bonds is 4. The number of carbonyl (C=O) groups excluding carboxylic acids is 1. The van der Waals surface area contributed by atoms with E-state index in [1.54, 1.807) is 0 Å². The lowest BCUT2D eigenvalue weighted by molar-refractivity contribution is -0.388. The van der Waals surface area contributed by atoms with Crippen LogP contribution in [0, 0.1) is 0 Å². The first-order valence-corrected chi connectivity index (χ1v) is 6.27. The van der Waals surface area contributed by atoms with Gasteiger partial charge in [0.2, 0.25) is 0 Å². The van der Waals surface area contributed by atoms with Gasteiger partial charge in [0.25, 0.3) is 0 Å². The molecule has 0 bridgehead atoms. The summed E-state index contributed by atoms with van der Waals surface area (Å²) in [6.07, 6.45) is -7.01. The summed E-state index contributed by atoms with van der Waals surface area (Å²) in [7, 11) is 0. The largest absolute Gasteiger partial charge is 0.460 e. The van der Waals surface area contributed by atoms with E-state index in [4.69, 9.17) is 23.2 Å². The zero-order valence-electron chi connectivity index (χ0n) is 10.8. The van der Waals surface area contributed by atoms with Gasteiger partial charge in [-0.1, -0.05) is 23.2 Å². The second-order valence-corrected chi connectivity index (χ2v) is 5.21. The number of hydrogen-bond donors (Lipinski definition) is 1. The molecule has 0 aliphatic carbocycles. The van der Waals surface area contributed by atoms with E-state index in [1.807, 2.05) is 0 Å². The van der Waals surface area contributed by atoms with Crippen LogP contribution in [-0.4, -0.2) is 29.9 Å². The van der Waals surface area contributed by atoms with Crippen molar-refractivity contribution in [2.24, 2.45) is 0 Å². The van der Waals surface area contributed by atoms with Crippen molar-refractivity contribution in [2.45, 2.75) is 23.9 Å². The molecule has 0 saturated carbocycles. The van der Waals surface area contributed by atoms with Crippen LogP contribution in [0.25, 0.3) is 0 Å². The molecule has 0 atom stereocenters. The van der Waals surface area contributed by atoms with Crippen LogP contribution in [0.4, 0.5) is 45.2 Å². The third-order valence-electron chi connectivity index (χ3n) is 2.55. The van der Waals surface area contributed by atoms with Crippen molar-refractivity contribution < 1.29 is 44.3 Å². The predicted molar refractivity (Wildman–Crippen MR) is 66.0 cm³/mol. The first-order chi connectivity index (χ1) is 10.5. The molecular weight excluding hydrogens is 404 g/mol. The number of carbonyl (C=O) groups is 1. The molecule has 0 aliphatic rings. The number of nitrogens with one attached hydrogen (secondary N) is 1.